The molecule has 1 fully saturated rings. The van der Waals surface area contributed by atoms with E-state index in [1.807, 2.05) is 0 Å². The van der Waals surface area contributed by atoms with Crippen molar-refractivity contribution in [3.63, 3.8) is 0 Å². The van der Waals surface area contributed by atoms with Crippen LogP contribution in [0.2, 0.25) is 0 Å². The normalized spacial score (nSPS) is 24.8. The van der Waals surface area contributed by atoms with E-state index in [0.29, 0.717) is 6.73 Å². The minimum atomic E-state index is -0.0718. The van der Waals surface area contributed by atoms with Crippen LogP contribution in [0.4, 0.5) is 0 Å². The molecule has 0 aromatic heterocycles. The molecule has 0 radical (unpaired) electrons. The van der Waals surface area contributed by atoms with Crippen LogP contribution in [-0.2, 0) is 9.53 Å². The number of hydrogen-bond acceptors (Lipinski definition) is 3. The Labute approximate surface area is 60.1 Å². The SMILES string of the molecule is CC(=O)N(C)C1CNCO1. The van der Waals surface area contributed by atoms with Crippen LogP contribution in [-0.4, -0.2) is 37.4 Å². The second-order valence-electron chi connectivity index (χ2n) is 2.35. The number of rotatable bonds is 1. The molecule has 1 saturated heterocycles. The van der Waals surface area contributed by atoms with Crippen molar-refractivity contribution in [3.8, 4) is 0 Å². The molecule has 0 aliphatic carbocycles. The minimum Gasteiger partial charge on any atom is -0.342 e. The lowest BCUT2D eigenvalue weighted by molar-refractivity contribution is -0.136. The van der Waals surface area contributed by atoms with E-state index in [4.69, 9.17) is 4.74 Å². The highest BCUT2D eigenvalue weighted by molar-refractivity contribution is 5.73. The zero-order chi connectivity index (χ0) is 7.56. The van der Waals surface area contributed by atoms with Crippen LogP contribution in [0.1, 0.15) is 6.92 Å². The molecular formula is C6H12N2O2. The molecule has 1 unspecified atom stereocenters. The summed E-state index contributed by atoms with van der Waals surface area (Å²) < 4.78 is 5.17. The van der Waals surface area contributed by atoms with E-state index in [2.05, 4.69) is 5.32 Å². The van der Waals surface area contributed by atoms with Crippen LogP contribution in [0.5, 0.6) is 0 Å². The second kappa shape index (κ2) is 2.98. The van der Waals surface area contributed by atoms with Gasteiger partial charge in [0, 0.05) is 20.5 Å². The third-order valence-corrected chi connectivity index (χ3v) is 1.63. The first kappa shape index (κ1) is 7.50. The summed E-state index contributed by atoms with van der Waals surface area (Å²) in [6.07, 6.45) is -0.0718. The maximum absolute atomic E-state index is 10.7. The van der Waals surface area contributed by atoms with Crippen LogP contribution in [0.15, 0.2) is 0 Å². The van der Waals surface area contributed by atoms with Crippen molar-refractivity contribution in [3.05, 3.63) is 0 Å². The number of likely N-dealkylation sites (N-methyl/N-ethyl adjacent to an activating group) is 1. The molecule has 0 aromatic carbocycles. The summed E-state index contributed by atoms with van der Waals surface area (Å²) >= 11 is 0. The Balaban J connectivity index is 2.39. The minimum absolute atomic E-state index is 0.0358. The molecule has 1 heterocycles. The van der Waals surface area contributed by atoms with Gasteiger partial charge in [-0.05, 0) is 0 Å². The molecule has 1 aliphatic rings. The molecule has 0 aromatic rings. The van der Waals surface area contributed by atoms with Crippen LogP contribution < -0.4 is 5.32 Å². The number of carbonyl (C=O) groups excluding carboxylic acids is 1. The Kier molecular flexibility index (Phi) is 2.24. The number of amides is 1. The lowest BCUT2D eigenvalue weighted by atomic mass is 10.5. The first-order chi connectivity index (χ1) is 4.72. The molecule has 58 valence electrons. The zero-order valence-corrected chi connectivity index (χ0v) is 6.26. The topological polar surface area (TPSA) is 41.6 Å². The Morgan fingerprint density at radius 2 is 2.50 bits per heavy atom. The summed E-state index contributed by atoms with van der Waals surface area (Å²) in [5, 5.41) is 2.99. The summed E-state index contributed by atoms with van der Waals surface area (Å²) in [6.45, 7) is 2.81. The maximum Gasteiger partial charge on any atom is 0.221 e. The van der Waals surface area contributed by atoms with Crippen LogP contribution >= 0.6 is 0 Å². The third-order valence-electron chi connectivity index (χ3n) is 1.63. The van der Waals surface area contributed by atoms with Gasteiger partial charge < -0.3 is 9.64 Å². The van der Waals surface area contributed by atoms with Crippen LogP contribution in [0.3, 0.4) is 0 Å². The fourth-order valence-corrected chi connectivity index (χ4v) is 0.848. The summed E-state index contributed by atoms with van der Waals surface area (Å²) in [7, 11) is 1.74. The van der Waals surface area contributed by atoms with Crippen molar-refractivity contribution in [1.29, 1.82) is 0 Å². The first-order valence-electron chi connectivity index (χ1n) is 3.27. The Morgan fingerprint density at radius 3 is 2.90 bits per heavy atom. The lowest BCUT2D eigenvalue weighted by Crippen LogP contribution is -2.37. The van der Waals surface area contributed by atoms with Crippen LogP contribution in [0, 0.1) is 0 Å². The number of carbonyl (C=O) groups is 1. The van der Waals surface area contributed by atoms with Gasteiger partial charge in [0.25, 0.3) is 0 Å². The molecule has 0 bridgehead atoms. The summed E-state index contributed by atoms with van der Waals surface area (Å²) in [6, 6.07) is 0. The van der Waals surface area contributed by atoms with Crippen molar-refractivity contribution in [2.75, 3.05) is 20.3 Å². The van der Waals surface area contributed by atoms with Gasteiger partial charge in [0.1, 0.15) is 6.23 Å². The smallest absolute Gasteiger partial charge is 0.221 e. The van der Waals surface area contributed by atoms with Gasteiger partial charge in [-0.2, -0.15) is 0 Å². The van der Waals surface area contributed by atoms with Gasteiger partial charge in [0.2, 0.25) is 5.91 Å². The van der Waals surface area contributed by atoms with Crippen molar-refractivity contribution >= 4 is 5.91 Å². The summed E-state index contributed by atoms with van der Waals surface area (Å²) in [5.74, 6) is 0.0358. The number of nitrogens with zero attached hydrogens (tertiary/aromatic N) is 1. The molecule has 4 nitrogen and oxygen atoms in total. The van der Waals surface area contributed by atoms with Gasteiger partial charge in [-0.15, -0.1) is 0 Å². The molecule has 1 rings (SSSR count). The highest BCUT2D eigenvalue weighted by atomic mass is 16.5. The quantitative estimate of drug-likeness (QED) is 0.532. The van der Waals surface area contributed by atoms with Gasteiger partial charge in [0.05, 0.1) is 6.73 Å². The predicted octanol–water partition coefficient (Wildman–Crippen LogP) is -0.632. The second-order valence-corrected chi connectivity index (χ2v) is 2.35. The fourth-order valence-electron chi connectivity index (χ4n) is 0.848. The molecule has 1 aliphatic heterocycles. The van der Waals surface area contributed by atoms with E-state index >= 15 is 0 Å². The van der Waals surface area contributed by atoms with E-state index < -0.39 is 0 Å². The van der Waals surface area contributed by atoms with Crippen LogP contribution in [0.25, 0.3) is 0 Å². The monoisotopic (exact) mass is 144 g/mol. The molecule has 1 amide bonds. The average Bonchev–Trinajstić information content (AvgIpc) is 2.36. The van der Waals surface area contributed by atoms with E-state index in [-0.39, 0.29) is 12.1 Å². The molecule has 0 spiro atoms. The Bertz CT molecular complexity index is 132. The Hall–Kier alpha value is -0.610. The third kappa shape index (κ3) is 1.46. The number of hydrogen-bond donors (Lipinski definition) is 1. The van der Waals surface area contributed by atoms with Crippen molar-refractivity contribution < 1.29 is 9.53 Å². The van der Waals surface area contributed by atoms with Gasteiger partial charge in [-0.1, -0.05) is 0 Å². The molecule has 10 heavy (non-hydrogen) atoms. The highest BCUT2D eigenvalue weighted by Crippen LogP contribution is 2.01. The molecular weight excluding hydrogens is 132 g/mol. The van der Waals surface area contributed by atoms with Gasteiger partial charge >= 0.3 is 0 Å². The van der Waals surface area contributed by atoms with E-state index in [1.54, 1.807) is 11.9 Å². The predicted molar refractivity (Wildman–Crippen MR) is 36.2 cm³/mol. The average molecular weight is 144 g/mol. The van der Waals surface area contributed by atoms with Gasteiger partial charge in [0.15, 0.2) is 0 Å². The highest BCUT2D eigenvalue weighted by Gasteiger charge is 2.20. The van der Waals surface area contributed by atoms with Crippen molar-refractivity contribution in [2.24, 2.45) is 0 Å². The zero-order valence-electron chi connectivity index (χ0n) is 6.26. The standard InChI is InChI=1S/C6H12N2O2/c1-5(9)8(2)6-3-7-4-10-6/h6-7H,3-4H2,1-2H3. The molecule has 1 N–H and O–H groups in total. The Morgan fingerprint density at radius 1 is 1.80 bits per heavy atom. The van der Waals surface area contributed by atoms with E-state index in [1.165, 1.54) is 6.92 Å². The van der Waals surface area contributed by atoms with Crippen molar-refractivity contribution in [1.82, 2.24) is 10.2 Å². The number of nitrogens with one attached hydrogen (secondary N) is 1. The molecule has 1 atom stereocenters. The van der Waals surface area contributed by atoms with Gasteiger partial charge in [-0.3, -0.25) is 10.1 Å². The lowest BCUT2D eigenvalue weighted by Gasteiger charge is -2.20. The summed E-state index contributed by atoms with van der Waals surface area (Å²) in [5.41, 5.74) is 0. The van der Waals surface area contributed by atoms with Gasteiger partial charge in [-0.25, -0.2) is 0 Å². The van der Waals surface area contributed by atoms with E-state index in [9.17, 15) is 4.79 Å². The fraction of sp³-hybridized carbons (Fsp3) is 0.833. The first-order valence-corrected chi connectivity index (χ1v) is 3.27. The molecule has 0 saturated carbocycles. The summed E-state index contributed by atoms with van der Waals surface area (Å²) in [4.78, 5) is 12.3. The number of ether oxygens (including phenoxy) is 1. The maximum atomic E-state index is 10.7. The van der Waals surface area contributed by atoms with E-state index in [0.717, 1.165) is 6.54 Å². The largest absolute Gasteiger partial charge is 0.342 e. The van der Waals surface area contributed by atoms with Crippen molar-refractivity contribution in [2.45, 2.75) is 13.2 Å². The molecule has 4 heteroatoms.